The minimum absolute atomic E-state index is 0.0931. The van der Waals surface area contributed by atoms with Gasteiger partial charge in [0.1, 0.15) is 0 Å². The fraction of sp³-hybridized carbons (Fsp3) is 0.571. The Hall–Kier alpha value is -1.27. The van der Waals surface area contributed by atoms with Crippen LogP contribution in [-0.4, -0.2) is 25.3 Å². The van der Waals surface area contributed by atoms with E-state index >= 15 is 0 Å². The van der Waals surface area contributed by atoms with Crippen molar-refractivity contribution in [2.24, 2.45) is 5.73 Å². The van der Waals surface area contributed by atoms with Crippen molar-refractivity contribution in [2.45, 2.75) is 32.1 Å². The van der Waals surface area contributed by atoms with E-state index in [9.17, 15) is 13.2 Å². The summed E-state index contributed by atoms with van der Waals surface area (Å²) in [7, 11) is 0. The normalized spacial score (nSPS) is 19.2. The number of benzene rings is 1. The van der Waals surface area contributed by atoms with Gasteiger partial charge in [0.2, 0.25) is 0 Å². The molecule has 1 saturated heterocycles. The quantitative estimate of drug-likeness (QED) is 0.909. The van der Waals surface area contributed by atoms with Crippen LogP contribution >= 0.6 is 0 Å². The number of anilines is 1. The van der Waals surface area contributed by atoms with Gasteiger partial charge in [0.15, 0.2) is 0 Å². The molecular weight excluding hydrogens is 269 g/mol. The van der Waals surface area contributed by atoms with Crippen LogP contribution in [0.4, 0.5) is 18.9 Å². The molecule has 0 unspecified atom stereocenters. The lowest BCUT2D eigenvalue weighted by Gasteiger charge is -2.44. The molecule has 1 aliphatic rings. The first kappa shape index (κ1) is 15.1. The number of morpholine rings is 1. The van der Waals surface area contributed by atoms with E-state index in [0.717, 1.165) is 6.07 Å². The molecule has 6 heteroatoms. The van der Waals surface area contributed by atoms with Crippen molar-refractivity contribution < 1.29 is 17.9 Å². The van der Waals surface area contributed by atoms with E-state index in [1.54, 1.807) is 11.0 Å². The van der Waals surface area contributed by atoms with Crippen LogP contribution in [-0.2, 0) is 17.5 Å². The molecule has 1 fully saturated rings. The first-order valence-corrected chi connectivity index (χ1v) is 6.51. The number of rotatable bonds is 2. The van der Waals surface area contributed by atoms with Crippen LogP contribution in [0.1, 0.15) is 25.0 Å². The van der Waals surface area contributed by atoms with E-state index in [0.29, 0.717) is 25.3 Å². The number of hydrogen-bond donors (Lipinski definition) is 1. The molecule has 0 aliphatic carbocycles. The van der Waals surface area contributed by atoms with Gasteiger partial charge in [0.05, 0.1) is 24.3 Å². The maximum absolute atomic E-state index is 13.3. The van der Waals surface area contributed by atoms with Crippen LogP contribution in [0.15, 0.2) is 18.2 Å². The zero-order valence-electron chi connectivity index (χ0n) is 11.6. The van der Waals surface area contributed by atoms with Gasteiger partial charge in [-0.25, -0.2) is 0 Å². The summed E-state index contributed by atoms with van der Waals surface area (Å²) in [6, 6.07) is 4.30. The molecule has 1 aromatic rings. The predicted molar refractivity (Wildman–Crippen MR) is 71.6 cm³/mol. The number of halogens is 3. The van der Waals surface area contributed by atoms with Crippen LogP contribution in [0, 0.1) is 0 Å². The number of nitrogens with two attached hydrogens (primary N) is 1. The lowest BCUT2D eigenvalue weighted by atomic mass is 9.98. The van der Waals surface area contributed by atoms with Crippen molar-refractivity contribution in [1.82, 2.24) is 0 Å². The molecule has 3 nitrogen and oxygen atoms in total. The Morgan fingerprint density at radius 2 is 2.05 bits per heavy atom. The Labute approximate surface area is 116 Å². The first-order valence-electron chi connectivity index (χ1n) is 6.51. The van der Waals surface area contributed by atoms with Crippen molar-refractivity contribution in [3.05, 3.63) is 29.3 Å². The van der Waals surface area contributed by atoms with E-state index in [1.165, 1.54) is 6.07 Å². The Morgan fingerprint density at radius 1 is 1.35 bits per heavy atom. The Balaban J connectivity index is 2.50. The molecule has 2 N–H and O–H groups in total. The van der Waals surface area contributed by atoms with Gasteiger partial charge in [0.25, 0.3) is 0 Å². The molecule has 0 saturated carbocycles. The summed E-state index contributed by atoms with van der Waals surface area (Å²) in [5, 5.41) is 0. The van der Waals surface area contributed by atoms with Crippen molar-refractivity contribution in [1.29, 1.82) is 0 Å². The standard InChI is InChI=1S/C14H19F3N2O/c1-13(2)9-20-6-5-19(13)12-4-3-10(8-18)7-11(12)14(15,16)17/h3-4,7H,5-6,8-9,18H2,1-2H3. The van der Waals surface area contributed by atoms with Gasteiger partial charge >= 0.3 is 6.18 Å². The third-order valence-corrected chi connectivity index (χ3v) is 3.54. The van der Waals surface area contributed by atoms with Crippen molar-refractivity contribution in [3.63, 3.8) is 0 Å². The van der Waals surface area contributed by atoms with Crippen LogP contribution < -0.4 is 10.6 Å². The van der Waals surface area contributed by atoms with E-state index in [2.05, 4.69) is 0 Å². The summed E-state index contributed by atoms with van der Waals surface area (Å²) in [4.78, 5) is 1.76. The molecule has 0 aromatic heterocycles. The Morgan fingerprint density at radius 3 is 2.60 bits per heavy atom. The summed E-state index contributed by atoms with van der Waals surface area (Å²) in [6.45, 7) is 5.13. The van der Waals surface area contributed by atoms with Crippen LogP contribution in [0.5, 0.6) is 0 Å². The average molecular weight is 288 g/mol. The van der Waals surface area contributed by atoms with Gasteiger partial charge < -0.3 is 15.4 Å². The lowest BCUT2D eigenvalue weighted by Crippen LogP contribution is -2.53. The number of hydrogen-bond acceptors (Lipinski definition) is 3. The highest BCUT2D eigenvalue weighted by Crippen LogP contribution is 2.40. The molecule has 112 valence electrons. The van der Waals surface area contributed by atoms with E-state index in [-0.39, 0.29) is 12.2 Å². The van der Waals surface area contributed by atoms with Gasteiger partial charge in [-0.15, -0.1) is 0 Å². The molecule has 0 amide bonds. The first-order chi connectivity index (χ1) is 9.25. The zero-order valence-corrected chi connectivity index (χ0v) is 11.6. The second-order valence-electron chi connectivity index (χ2n) is 5.57. The van der Waals surface area contributed by atoms with E-state index < -0.39 is 17.3 Å². The third kappa shape index (κ3) is 2.91. The van der Waals surface area contributed by atoms with E-state index in [1.807, 2.05) is 13.8 Å². The third-order valence-electron chi connectivity index (χ3n) is 3.54. The summed E-state index contributed by atoms with van der Waals surface area (Å²) >= 11 is 0. The van der Waals surface area contributed by atoms with Crippen LogP contribution in [0.25, 0.3) is 0 Å². The molecule has 0 spiro atoms. The number of alkyl halides is 3. The average Bonchev–Trinajstić information content (AvgIpc) is 2.36. The van der Waals surface area contributed by atoms with Gasteiger partial charge in [-0.05, 0) is 31.5 Å². The van der Waals surface area contributed by atoms with Crippen molar-refractivity contribution >= 4 is 5.69 Å². The highest BCUT2D eigenvalue weighted by atomic mass is 19.4. The number of nitrogens with zero attached hydrogens (tertiary/aromatic N) is 1. The minimum Gasteiger partial charge on any atom is -0.377 e. The van der Waals surface area contributed by atoms with Crippen LogP contribution in [0.2, 0.25) is 0 Å². The van der Waals surface area contributed by atoms with Gasteiger partial charge in [-0.1, -0.05) is 6.07 Å². The highest BCUT2D eigenvalue weighted by molar-refractivity contribution is 5.58. The van der Waals surface area contributed by atoms with Crippen LogP contribution in [0.3, 0.4) is 0 Å². The fourth-order valence-corrected chi connectivity index (χ4v) is 2.48. The molecule has 0 radical (unpaired) electrons. The van der Waals surface area contributed by atoms with E-state index in [4.69, 9.17) is 10.5 Å². The molecule has 2 rings (SSSR count). The molecule has 1 aromatic carbocycles. The minimum atomic E-state index is -4.39. The molecule has 1 aliphatic heterocycles. The topological polar surface area (TPSA) is 38.5 Å². The van der Waals surface area contributed by atoms with Crippen molar-refractivity contribution in [2.75, 3.05) is 24.7 Å². The summed E-state index contributed by atoms with van der Waals surface area (Å²) in [5.41, 5.74) is 5.02. The highest BCUT2D eigenvalue weighted by Gasteiger charge is 2.39. The summed E-state index contributed by atoms with van der Waals surface area (Å²) < 4.78 is 45.2. The molecule has 20 heavy (non-hydrogen) atoms. The van der Waals surface area contributed by atoms with Gasteiger partial charge in [-0.2, -0.15) is 13.2 Å². The van der Waals surface area contributed by atoms with Crippen molar-refractivity contribution in [3.8, 4) is 0 Å². The van der Waals surface area contributed by atoms with Gasteiger partial charge in [0, 0.05) is 18.8 Å². The lowest BCUT2D eigenvalue weighted by molar-refractivity contribution is -0.137. The second kappa shape index (κ2) is 5.26. The monoisotopic (exact) mass is 288 g/mol. The second-order valence-corrected chi connectivity index (χ2v) is 5.57. The molecular formula is C14H19F3N2O. The predicted octanol–water partition coefficient (Wildman–Crippen LogP) is 2.78. The Kier molecular flexibility index (Phi) is 3.97. The van der Waals surface area contributed by atoms with Gasteiger partial charge in [-0.3, -0.25) is 0 Å². The summed E-state index contributed by atoms with van der Waals surface area (Å²) in [6.07, 6.45) is -4.39. The zero-order chi connectivity index (χ0) is 15.0. The molecule has 0 atom stereocenters. The largest absolute Gasteiger partial charge is 0.418 e. The maximum atomic E-state index is 13.3. The molecule has 0 bridgehead atoms. The Bertz CT molecular complexity index is 486. The number of ether oxygens (including phenoxy) is 1. The maximum Gasteiger partial charge on any atom is 0.418 e. The fourth-order valence-electron chi connectivity index (χ4n) is 2.48. The summed E-state index contributed by atoms with van der Waals surface area (Å²) in [5.74, 6) is 0. The SMILES string of the molecule is CC1(C)COCCN1c1ccc(CN)cc1C(F)(F)F. The molecule has 1 heterocycles. The smallest absolute Gasteiger partial charge is 0.377 e.